The molecule has 17 heavy (non-hydrogen) atoms. The molecule has 0 saturated carbocycles. The molecule has 0 aromatic heterocycles. The number of piperazine rings is 1. The lowest BCUT2D eigenvalue weighted by atomic mass is 10.1. The second-order valence-electron chi connectivity index (χ2n) is 4.36. The molecule has 1 aliphatic rings. The second-order valence-corrected chi connectivity index (χ2v) is 4.36. The Labute approximate surface area is 103 Å². The van der Waals surface area contributed by atoms with Crippen LogP contribution in [0.4, 0.5) is 0 Å². The zero-order valence-electron chi connectivity index (χ0n) is 10.1. The smallest absolute Gasteiger partial charge is 0.0717 e. The number of ether oxygens (including phenoxy) is 1. The molecule has 92 valence electrons. The normalized spacial score (nSPS) is 24.5. The summed E-state index contributed by atoms with van der Waals surface area (Å²) < 4.78 is 5.70. The molecule has 0 bridgehead atoms. The van der Waals surface area contributed by atoms with Crippen molar-refractivity contribution in [1.29, 1.82) is 0 Å². The Balaban J connectivity index is 1.65. The Bertz CT molecular complexity index is 331. The predicted molar refractivity (Wildman–Crippen MR) is 69.9 cm³/mol. The molecule has 1 aromatic rings. The van der Waals surface area contributed by atoms with Gasteiger partial charge in [-0.1, -0.05) is 36.4 Å². The van der Waals surface area contributed by atoms with Gasteiger partial charge in [-0.15, -0.1) is 6.58 Å². The third-order valence-corrected chi connectivity index (χ3v) is 2.97. The molecule has 1 aliphatic heterocycles. The van der Waals surface area contributed by atoms with Crippen molar-refractivity contribution in [2.45, 2.75) is 18.7 Å². The maximum atomic E-state index is 5.70. The molecule has 0 spiro atoms. The van der Waals surface area contributed by atoms with E-state index in [1.807, 2.05) is 24.3 Å². The van der Waals surface area contributed by atoms with Gasteiger partial charge in [0.1, 0.15) is 0 Å². The maximum Gasteiger partial charge on any atom is 0.0717 e. The third-order valence-electron chi connectivity index (χ3n) is 2.97. The van der Waals surface area contributed by atoms with E-state index in [-0.39, 0.29) is 0 Å². The minimum atomic E-state index is 0.389. The van der Waals surface area contributed by atoms with Gasteiger partial charge in [0.2, 0.25) is 0 Å². The van der Waals surface area contributed by atoms with Crippen LogP contribution in [-0.4, -0.2) is 31.8 Å². The van der Waals surface area contributed by atoms with Crippen molar-refractivity contribution in [2.24, 2.45) is 0 Å². The molecule has 0 radical (unpaired) electrons. The fourth-order valence-electron chi connectivity index (χ4n) is 1.91. The summed E-state index contributed by atoms with van der Waals surface area (Å²) in [6, 6.07) is 11.0. The molecule has 3 nitrogen and oxygen atoms in total. The van der Waals surface area contributed by atoms with Crippen molar-refractivity contribution in [1.82, 2.24) is 10.6 Å². The molecule has 2 rings (SSSR count). The maximum absolute atomic E-state index is 5.70. The summed E-state index contributed by atoms with van der Waals surface area (Å²) in [4.78, 5) is 0. The molecule has 0 aliphatic carbocycles. The fourth-order valence-corrected chi connectivity index (χ4v) is 1.91. The first-order chi connectivity index (χ1) is 8.38. The minimum Gasteiger partial charge on any atom is -0.375 e. The molecular weight excluding hydrogens is 212 g/mol. The van der Waals surface area contributed by atoms with Crippen LogP contribution in [0.5, 0.6) is 0 Å². The van der Waals surface area contributed by atoms with E-state index in [1.165, 1.54) is 5.56 Å². The van der Waals surface area contributed by atoms with Gasteiger partial charge in [-0.2, -0.15) is 0 Å². The Kier molecular flexibility index (Phi) is 4.74. The van der Waals surface area contributed by atoms with Gasteiger partial charge in [-0.05, 0) is 5.56 Å². The van der Waals surface area contributed by atoms with E-state index in [4.69, 9.17) is 4.74 Å². The quantitative estimate of drug-likeness (QED) is 0.751. The number of nitrogens with one attached hydrogen (secondary N) is 2. The minimum absolute atomic E-state index is 0.389. The summed E-state index contributed by atoms with van der Waals surface area (Å²) >= 11 is 0. The molecule has 1 saturated heterocycles. The van der Waals surface area contributed by atoms with Crippen molar-refractivity contribution in [3.63, 3.8) is 0 Å². The molecule has 2 unspecified atom stereocenters. The molecule has 1 heterocycles. The lowest BCUT2D eigenvalue weighted by Crippen LogP contribution is -2.55. The Morgan fingerprint density at radius 1 is 1.24 bits per heavy atom. The van der Waals surface area contributed by atoms with Crippen molar-refractivity contribution in [3.8, 4) is 0 Å². The molecule has 2 N–H and O–H groups in total. The Morgan fingerprint density at radius 3 is 2.71 bits per heavy atom. The first kappa shape index (κ1) is 12.3. The zero-order chi connectivity index (χ0) is 11.9. The van der Waals surface area contributed by atoms with Crippen LogP contribution in [-0.2, 0) is 11.3 Å². The molecule has 1 aromatic carbocycles. The van der Waals surface area contributed by atoms with Gasteiger partial charge < -0.3 is 15.4 Å². The lowest BCUT2D eigenvalue weighted by Gasteiger charge is -2.29. The van der Waals surface area contributed by atoms with Crippen LogP contribution in [0.2, 0.25) is 0 Å². The van der Waals surface area contributed by atoms with E-state index in [2.05, 4.69) is 29.3 Å². The van der Waals surface area contributed by atoms with E-state index in [0.29, 0.717) is 18.7 Å². The molecule has 2 atom stereocenters. The zero-order valence-corrected chi connectivity index (χ0v) is 10.1. The van der Waals surface area contributed by atoms with E-state index in [1.54, 1.807) is 0 Å². The van der Waals surface area contributed by atoms with Gasteiger partial charge in [-0.3, -0.25) is 0 Å². The summed E-state index contributed by atoms with van der Waals surface area (Å²) in [5.41, 5.74) is 1.22. The summed E-state index contributed by atoms with van der Waals surface area (Å²) in [6.45, 7) is 7.07. The number of hydrogen-bond donors (Lipinski definition) is 2. The van der Waals surface area contributed by atoms with Gasteiger partial charge in [-0.25, -0.2) is 0 Å². The van der Waals surface area contributed by atoms with Crippen LogP contribution in [0.1, 0.15) is 5.56 Å². The van der Waals surface area contributed by atoms with Gasteiger partial charge in [0.25, 0.3) is 0 Å². The van der Waals surface area contributed by atoms with Gasteiger partial charge in [0, 0.05) is 25.2 Å². The first-order valence-corrected chi connectivity index (χ1v) is 6.09. The Hall–Kier alpha value is -1.16. The van der Waals surface area contributed by atoms with Crippen LogP contribution in [0.25, 0.3) is 0 Å². The highest BCUT2D eigenvalue weighted by Crippen LogP contribution is 2.02. The van der Waals surface area contributed by atoms with Crippen LogP contribution < -0.4 is 10.6 Å². The van der Waals surface area contributed by atoms with Crippen LogP contribution in [0.15, 0.2) is 43.0 Å². The number of hydrogen-bond acceptors (Lipinski definition) is 3. The topological polar surface area (TPSA) is 33.3 Å². The third kappa shape index (κ3) is 3.97. The van der Waals surface area contributed by atoms with Crippen molar-refractivity contribution >= 4 is 0 Å². The van der Waals surface area contributed by atoms with Crippen LogP contribution >= 0.6 is 0 Å². The van der Waals surface area contributed by atoms with Gasteiger partial charge in [0.05, 0.1) is 13.2 Å². The van der Waals surface area contributed by atoms with Crippen molar-refractivity contribution < 1.29 is 4.74 Å². The number of benzene rings is 1. The lowest BCUT2D eigenvalue weighted by molar-refractivity contribution is 0.0924. The fraction of sp³-hybridized carbons (Fsp3) is 0.429. The summed E-state index contributed by atoms with van der Waals surface area (Å²) in [5, 5.41) is 6.85. The highest BCUT2D eigenvalue weighted by Gasteiger charge is 2.17. The van der Waals surface area contributed by atoms with E-state index in [9.17, 15) is 0 Å². The number of rotatable bonds is 5. The van der Waals surface area contributed by atoms with Crippen LogP contribution in [0, 0.1) is 0 Å². The van der Waals surface area contributed by atoms with Crippen LogP contribution in [0.3, 0.4) is 0 Å². The molecule has 1 fully saturated rings. The highest BCUT2D eigenvalue weighted by atomic mass is 16.5. The monoisotopic (exact) mass is 232 g/mol. The molecular formula is C14H20N2O. The first-order valence-electron chi connectivity index (χ1n) is 6.09. The second kappa shape index (κ2) is 6.55. The van der Waals surface area contributed by atoms with Gasteiger partial charge in [0.15, 0.2) is 0 Å². The van der Waals surface area contributed by atoms with E-state index >= 15 is 0 Å². The van der Waals surface area contributed by atoms with Crippen molar-refractivity contribution in [3.05, 3.63) is 48.6 Å². The van der Waals surface area contributed by atoms with E-state index < -0.39 is 0 Å². The Morgan fingerprint density at radius 2 is 2.06 bits per heavy atom. The predicted octanol–water partition coefficient (Wildman–Crippen LogP) is 1.32. The molecule has 0 amide bonds. The average molecular weight is 232 g/mol. The highest BCUT2D eigenvalue weighted by molar-refractivity contribution is 5.13. The summed E-state index contributed by atoms with van der Waals surface area (Å²) in [7, 11) is 0. The SMILES string of the molecule is C=CC1CNC(COCc2ccccc2)CN1. The van der Waals surface area contributed by atoms with Gasteiger partial charge >= 0.3 is 0 Å². The summed E-state index contributed by atoms with van der Waals surface area (Å²) in [5.74, 6) is 0. The largest absolute Gasteiger partial charge is 0.375 e. The van der Waals surface area contributed by atoms with E-state index in [0.717, 1.165) is 19.7 Å². The standard InChI is InChI=1S/C14H20N2O/c1-2-13-8-16-14(9-15-13)11-17-10-12-6-4-3-5-7-12/h2-7,13-16H,1,8-11H2. The summed E-state index contributed by atoms with van der Waals surface area (Å²) in [6.07, 6.45) is 1.94. The van der Waals surface area contributed by atoms with Crippen molar-refractivity contribution in [2.75, 3.05) is 19.7 Å². The average Bonchev–Trinajstić information content (AvgIpc) is 2.41. The molecule has 3 heteroatoms.